The Hall–Kier alpha value is -2.82. The van der Waals surface area contributed by atoms with E-state index in [2.05, 4.69) is 4.74 Å². The summed E-state index contributed by atoms with van der Waals surface area (Å²) in [6.45, 7) is 7.93. The predicted molar refractivity (Wildman–Crippen MR) is 101 cm³/mol. The highest BCUT2D eigenvalue weighted by Gasteiger charge is 2.34. The molecule has 3 rings (SSSR count). The molecule has 0 amide bonds. The Morgan fingerprint density at radius 1 is 0.963 bits per heavy atom. The predicted octanol–water partition coefficient (Wildman–Crippen LogP) is 4.35. The first-order valence-corrected chi connectivity index (χ1v) is 8.96. The van der Waals surface area contributed by atoms with E-state index in [1.54, 1.807) is 7.11 Å². The smallest absolute Gasteiger partial charge is 0.317 e. The van der Waals surface area contributed by atoms with Gasteiger partial charge in [0, 0.05) is 0 Å². The van der Waals surface area contributed by atoms with E-state index >= 15 is 0 Å². The van der Waals surface area contributed by atoms with Crippen LogP contribution in [0.2, 0.25) is 0 Å². The molecule has 1 aliphatic rings. The van der Waals surface area contributed by atoms with Crippen LogP contribution in [0.1, 0.15) is 34.2 Å². The highest BCUT2D eigenvalue weighted by molar-refractivity contribution is 5.94. The number of aryl methyl sites for hydroxylation is 4. The largest absolute Gasteiger partial charge is 0.496 e. The van der Waals surface area contributed by atoms with Crippen molar-refractivity contribution in [3.63, 3.8) is 0 Å². The third-order valence-corrected chi connectivity index (χ3v) is 4.78. The molecular formula is C22H24O5. The summed E-state index contributed by atoms with van der Waals surface area (Å²) < 4.78 is 16.3. The molecule has 0 aromatic heterocycles. The maximum Gasteiger partial charge on any atom is 0.317 e. The molecule has 142 valence electrons. The van der Waals surface area contributed by atoms with E-state index < -0.39 is 17.9 Å². The molecule has 1 saturated heterocycles. The Balaban J connectivity index is 1.95. The Bertz CT molecular complexity index is 890. The lowest BCUT2D eigenvalue weighted by Crippen LogP contribution is -2.12. The highest BCUT2D eigenvalue weighted by Crippen LogP contribution is 2.36. The first-order valence-electron chi connectivity index (χ1n) is 8.96. The second kappa shape index (κ2) is 7.43. The van der Waals surface area contributed by atoms with Gasteiger partial charge in [0.15, 0.2) is 0 Å². The fourth-order valence-electron chi connectivity index (χ4n) is 3.69. The van der Waals surface area contributed by atoms with Crippen molar-refractivity contribution in [2.24, 2.45) is 5.92 Å². The second-order valence-corrected chi connectivity index (χ2v) is 7.16. The number of esters is 2. The van der Waals surface area contributed by atoms with Crippen molar-refractivity contribution in [3.8, 4) is 17.2 Å². The molecule has 0 N–H and O–H groups in total. The van der Waals surface area contributed by atoms with Crippen molar-refractivity contribution >= 4 is 11.9 Å². The summed E-state index contributed by atoms with van der Waals surface area (Å²) in [6.07, 6.45) is 0.530. The summed E-state index contributed by atoms with van der Waals surface area (Å²) in [6, 6.07) is 7.91. The number of carbonyl (C=O) groups is 2. The molecule has 2 aromatic carbocycles. The van der Waals surface area contributed by atoms with E-state index in [9.17, 15) is 9.59 Å². The van der Waals surface area contributed by atoms with Crippen LogP contribution in [-0.4, -0.2) is 19.0 Å². The molecule has 5 heteroatoms. The third-order valence-electron chi connectivity index (χ3n) is 4.78. The second-order valence-electron chi connectivity index (χ2n) is 7.16. The molecular weight excluding hydrogens is 344 g/mol. The number of methoxy groups -OCH3 is 1. The van der Waals surface area contributed by atoms with Crippen molar-refractivity contribution in [1.82, 2.24) is 0 Å². The SMILES string of the molecule is COc1c(C)cc(Oc2c(C)cc(C)cc2CC2CC(=O)OC2=O)cc1C. The molecule has 27 heavy (non-hydrogen) atoms. The Morgan fingerprint density at radius 2 is 1.59 bits per heavy atom. The molecule has 1 fully saturated rings. The third kappa shape index (κ3) is 3.97. The topological polar surface area (TPSA) is 61.8 Å². The minimum absolute atomic E-state index is 0.117. The maximum atomic E-state index is 11.9. The van der Waals surface area contributed by atoms with Crippen LogP contribution in [0, 0.1) is 33.6 Å². The number of carbonyl (C=O) groups excluding carboxylic acids is 2. The molecule has 1 unspecified atom stereocenters. The fourth-order valence-corrected chi connectivity index (χ4v) is 3.69. The van der Waals surface area contributed by atoms with Gasteiger partial charge in [-0.2, -0.15) is 0 Å². The first kappa shape index (κ1) is 19.0. The summed E-state index contributed by atoms with van der Waals surface area (Å²) in [5.41, 5.74) is 4.94. The van der Waals surface area contributed by atoms with Crippen molar-refractivity contribution < 1.29 is 23.8 Å². The van der Waals surface area contributed by atoms with Gasteiger partial charge in [-0.15, -0.1) is 0 Å². The maximum absolute atomic E-state index is 11.9. The Labute approximate surface area is 159 Å². The van der Waals surface area contributed by atoms with E-state index in [1.807, 2.05) is 52.0 Å². The lowest BCUT2D eigenvalue weighted by molar-refractivity contribution is -0.153. The van der Waals surface area contributed by atoms with Crippen molar-refractivity contribution in [3.05, 3.63) is 52.1 Å². The van der Waals surface area contributed by atoms with Crippen LogP contribution in [-0.2, 0) is 20.7 Å². The van der Waals surface area contributed by atoms with Crippen molar-refractivity contribution in [2.75, 3.05) is 7.11 Å². The molecule has 1 heterocycles. The van der Waals surface area contributed by atoms with E-state index in [0.717, 1.165) is 39.3 Å². The molecule has 0 radical (unpaired) electrons. The zero-order valence-electron chi connectivity index (χ0n) is 16.3. The standard InChI is InChI=1S/C22H24O5/c1-12-6-13(2)21(16(7-12)10-17-11-19(23)27-22(17)24)26-18-8-14(3)20(25-5)15(4)9-18/h6-9,17H,10-11H2,1-5H3. The van der Waals surface area contributed by atoms with Gasteiger partial charge in [-0.3, -0.25) is 9.59 Å². The summed E-state index contributed by atoms with van der Waals surface area (Å²) in [5, 5.41) is 0. The van der Waals surface area contributed by atoms with Gasteiger partial charge in [0.05, 0.1) is 19.4 Å². The minimum atomic E-state index is -0.460. The van der Waals surface area contributed by atoms with Crippen molar-refractivity contribution in [1.29, 1.82) is 0 Å². The van der Waals surface area contributed by atoms with Crippen molar-refractivity contribution in [2.45, 2.75) is 40.5 Å². The molecule has 0 aliphatic carbocycles. The van der Waals surface area contributed by atoms with Crippen LogP contribution in [0.15, 0.2) is 24.3 Å². The number of hydrogen-bond acceptors (Lipinski definition) is 5. The summed E-state index contributed by atoms with van der Waals surface area (Å²) in [7, 11) is 1.65. The van der Waals surface area contributed by atoms with E-state index in [1.165, 1.54) is 0 Å². The molecule has 1 aliphatic heterocycles. The normalized spacial score (nSPS) is 16.4. The van der Waals surface area contributed by atoms with Gasteiger partial charge in [-0.05, 0) is 68.5 Å². The summed E-state index contributed by atoms with van der Waals surface area (Å²) in [4.78, 5) is 23.3. The molecule has 1 atom stereocenters. The number of hydrogen-bond donors (Lipinski definition) is 0. The van der Waals surface area contributed by atoms with Crippen LogP contribution in [0.3, 0.4) is 0 Å². The molecule has 0 spiro atoms. The van der Waals surface area contributed by atoms with Gasteiger partial charge in [-0.25, -0.2) is 0 Å². The van der Waals surface area contributed by atoms with Crippen LogP contribution < -0.4 is 9.47 Å². The van der Waals surface area contributed by atoms with Gasteiger partial charge >= 0.3 is 11.9 Å². The number of rotatable bonds is 5. The van der Waals surface area contributed by atoms with E-state index in [4.69, 9.17) is 9.47 Å². The zero-order valence-corrected chi connectivity index (χ0v) is 16.3. The summed E-state index contributed by atoms with van der Waals surface area (Å²) >= 11 is 0. The van der Waals surface area contributed by atoms with Crippen LogP contribution in [0.4, 0.5) is 0 Å². The zero-order chi connectivity index (χ0) is 19.7. The van der Waals surface area contributed by atoms with E-state index in [0.29, 0.717) is 12.2 Å². The molecule has 0 saturated carbocycles. The first-order chi connectivity index (χ1) is 12.8. The Kier molecular flexibility index (Phi) is 5.22. The number of ether oxygens (including phenoxy) is 3. The minimum Gasteiger partial charge on any atom is -0.496 e. The highest BCUT2D eigenvalue weighted by atomic mass is 16.6. The number of benzene rings is 2. The molecule has 5 nitrogen and oxygen atoms in total. The van der Waals surface area contributed by atoms with Gasteiger partial charge in [0.25, 0.3) is 0 Å². The number of cyclic esters (lactones) is 2. The van der Waals surface area contributed by atoms with Gasteiger partial charge in [0.2, 0.25) is 0 Å². The van der Waals surface area contributed by atoms with Crippen LogP contribution in [0.25, 0.3) is 0 Å². The van der Waals surface area contributed by atoms with Crippen LogP contribution >= 0.6 is 0 Å². The fraction of sp³-hybridized carbons (Fsp3) is 0.364. The monoisotopic (exact) mass is 368 g/mol. The molecule has 2 aromatic rings. The van der Waals surface area contributed by atoms with Gasteiger partial charge in [0.1, 0.15) is 17.2 Å². The lowest BCUT2D eigenvalue weighted by atomic mass is 9.94. The van der Waals surface area contributed by atoms with Gasteiger partial charge < -0.3 is 14.2 Å². The quantitative estimate of drug-likeness (QED) is 0.580. The van der Waals surface area contributed by atoms with Crippen LogP contribution in [0.5, 0.6) is 17.2 Å². The Morgan fingerprint density at radius 3 is 2.15 bits per heavy atom. The van der Waals surface area contributed by atoms with Gasteiger partial charge in [-0.1, -0.05) is 17.7 Å². The average molecular weight is 368 g/mol. The van der Waals surface area contributed by atoms with E-state index in [-0.39, 0.29) is 6.42 Å². The average Bonchev–Trinajstić information content (AvgIpc) is 2.88. The molecule has 0 bridgehead atoms. The lowest BCUT2D eigenvalue weighted by Gasteiger charge is -2.18. The summed E-state index contributed by atoms with van der Waals surface area (Å²) in [5.74, 6) is 0.899.